The van der Waals surface area contributed by atoms with Gasteiger partial charge in [0.15, 0.2) is 5.65 Å². The lowest BCUT2D eigenvalue weighted by Crippen LogP contribution is -2.06. The molecule has 0 aliphatic rings. The van der Waals surface area contributed by atoms with Crippen LogP contribution in [-0.2, 0) is 6.61 Å². The van der Waals surface area contributed by atoms with E-state index in [0.29, 0.717) is 12.3 Å². The molecule has 5 heteroatoms. The highest BCUT2D eigenvalue weighted by Crippen LogP contribution is 2.32. The zero-order chi connectivity index (χ0) is 23.5. The summed E-state index contributed by atoms with van der Waals surface area (Å²) in [5.74, 6) is 2.19. The fourth-order valence-electron chi connectivity index (χ4n) is 3.95. The third-order valence-corrected chi connectivity index (χ3v) is 5.57. The van der Waals surface area contributed by atoms with Gasteiger partial charge < -0.3 is 14.5 Å². The Labute approximate surface area is 199 Å². The second-order valence-electron chi connectivity index (χ2n) is 8.63. The summed E-state index contributed by atoms with van der Waals surface area (Å²) in [6, 6.07) is 26.4. The van der Waals surface area contributed by atoms with Crippen molar-refractivity contribution in [1.82, 2.24) is 15.0 Å². The molecule has 5 nitrogen and oxygen atoms in total. The molecule has 1 N–H and O–H groups in total. The van der Waals surface area contributed by atoms with Gasteiger partial charge in [0.25, 0.3) is 0 Å². The Morgan fingerprint density at radius 1 is 0.853 bits per heavy atom. The Morgan fingerprint density at radius 3 is 2.41 bits per heavy atom. The van der Waals surface area contributed by atoms with Crippen molar-refractivity contribution in [2.75, 3.05) is 0 Å². The van der Waals surface area contributed by atoms with Crippen molar-refractivity contribution >= 4 is 11.2 Å². The van der Waals surface area contributed by atoms with E-state index in [0.717, 1.165) is 45.1 Å². The van der Waals surface area contributed by atoms with E-state index >= 15 is 0 Å². The van der Waals surface area contributed by atoms with Crippen LogP contribution < -0.4 is 9.47 Å². The standard InChI is InChI=1S/C29H27N3O2/c1-19(2)34-25-14-22(13-24(16-25)33-18-21-10-5-4-6-11-21)28-31-27-15-23(17-30-29(27)32-28)26-12-8-7-9-20(26)3/h4-17,19H,18H2,1-3H3,(H,30,31,32). The van der Waals surface area contributed by atoms with Crippen molar-refractivity contribution in [3.8, 4) is 34.0 Å². The molecule has 0 spiro atoms. The van der Waals surface area contributed by atoms with E-state index in [4.69, 9.17) is 14.5 Å². The summed E-state index contributed by atoms with van der Waals surface area (Å²) in [5.41, 5.74) is 6.99. The van der Waals surface area contributed by atoms with Crippen LogP contribution in [0.4, 0.5) is 0 Å². The van der Waals surface area contributed by atoms with Crippen LogP contribution in [0.25, 0.3) is 33.7 Å². The molecule has 34 heavy (non-hydrogen) atoms. The first kappa shape index (κ1) is 21.7. The minimum Gasteiger partial charge on any atom is -0.491 e. The molecule has 0 radical (unpaired) electrons. The molecule has 170 valence electrons. The number of H-pyrrole nitrogens is 1. The second kappa shape index (κ2) is 9.40. The van der Waals surface area contributed by atoms with Crippen LogP contribution in [0.2, 0.25) is 0 Å². The van der Waals surface area contributed by atoms with Crippen molar-refractivity contribution in [3.05, 3.63) is 96.2 Å². The van der Waals surface area contributed by atoms with Crippen LogP contribution in [0.3, 0.4) is 0 Å². The van der Waals surface area contributed by atoms with Crippen molar-refractivity contribution < 1.29 is 9.47 Å². The molecule has 0 amide bonds. The molecule has 5 rings (SSSR count). The number of aryl methyl sites for hydroxylation is 1. The third-order valence-electron chi connectivity index (χ3n) is 5.57. The molecule has 0 bridgehead atoms. The van der Waals surface area contributed by atoms with Gasteiger partial charge >= 0.3 is 0 Å². The van der Waals surface area contributed by atoms with Crippen molar-refractivity contribution in [1.29, 1.82) is 0 Å². The molecule has 0 aliphatic carbocycles. The molecule has 5 aromatic rings. The zero-order valence-corrected chi connectivity index (χ0v) is 19.6. The van der Waals surface area contributed by atoms with E-state index in [1.807, 2.05) is 80.7 Å². The lowest BCUT2D eigenvalue weighted by atomic mass is 10.0. The first-order valence-corrected chi connectivity index (χ1v) is 11.5. The number of nitrogens with one attached hydrogen (secondary N) is 1. The molecular weight excluding hydrogens is 422 g/mol. The van der Waals surface area contributed by atoms with Crippen molar-refractivity contribution in [2.24, 2.45) is 0 Å². The fraction of sp³-hybridized carbons (Fsp3) is 0.172. The summed E-state index contributed by atoms with van der Waals surface area (Å²) in [5, 5.41) is 0. The topological polar surface area (TPSA) is 60.0 Å². The number of aromatic amines is 1. The number of nitrogens with zero attached hydrogens (tertiary/aromatic N) is 2. The summed E-state index contributed by atoms with van der Waals surface area (Å²) in [7, 11) is 0. The predicted octanol–water partition coefficient (Wildman–Crippen LogP) is 6.97. The van der Waals surface area contributed by atoms with Gasteiger partial charge in [-0.15, -0.1) is 0 Å². The van der Waals surface area contributed by atoms with Gasteiger partial charge in [-0.3, -0.25) is 0 Å². The quantitative estimate of drug-likeness (QED) is 0.292. The van der Waals surface area contributed by atoms with Crippen LogP contribution in [0.1, 0.15) is 25.0 Å². The number of ether oxygens (including phenoxy) is 2. The molecule has 0 aliphatic heterocycles. The molecule has 0 unspecified atom stereocenters. The SMILES string of the molecule is Cc1ccccc1-c1cnc2nc(-c3cc(OCc4ccccc4)cc(OC(C)C)c3)[nH]c2c1. The Bertz CT molecular complexity index is 1420. The summed E-state index contributed by atoms with van der Waals surface area (Å²) in [4.78, 5) is 12.8. The van der Waals surface area contributed by atoms with Gasteiger partial charge in [-0.05, 0) is 55.7 Å². The smallest absolute Gasteiger partial charge is 0.178 e. The predicted molar refractivity (Wildman–Crippen MR) is 136 cm³/mol. The number of aromatic nitrogens is 3. The monoisotopic (exact) mass is 449 g/mol. The highest BCUT2D eigenvalue weighted by molar-refractivity contribution is 5.82. The maximum Gasteiger partial charge on any atom is 0.178 e. The second-order valence-corrected chi connectivity index (χ2v) is 8.63. The van der Waals surface area contributed by atoms with Gasteiger partial charge in [-0.25, -0.2) is 9.97 Å². The Morgan fingerprint density at radius 2 is 1.62 bits per heavy atom. The molecule has 0 atom stereocenters. The minimum absolute atomic E-state index is 0.0474. The van der Waals surface area contributed by atoms with Crippen molar-refractivity contribution in [3.63, 3.8) is 0 Å². The lowest BCUT2D eigenvalue weighted by Gasteiger charge is -2.14. The zero-order valence-electron chi connectivity index (χ0n) is 19.6. The van der Waals surface area contributed by atoms with Gasteiger partial charge in [0.1, 0.15) is 23.9 Å². The van der Waals surface area contributed by atoms with E-state index < -0.39 is 0 Å². The third kappa shape index (κ3) is 4.79. The Balaban J connectivity index is 1.49. The molecule has 3 aromatic carbocycles. The van der Waals surface area contributed by atoms with Gasteiger partial charge in [0.05, 0.1) is 11.6 Å². The van der Waals surface area contributed by atoms with E-state index in [-0.39, 0.29) is 6.10 Å². The average Bonchev–Trinajstić information content (AvgIpc) is 3.27. The normalized spacial score (nSPS) is 11.2. The summed E-state index contributed by atoms with van der Waals surface area (Å²) < 4.78 is 12.1. The largest absolute Gasteiger partial charge is 0.491 e. The lowest BCUT2D eigenvalue weighted by molar-refractivity contribution is 0.239. The fourth-order valence-corrected chi connectivity index (χ4v) is 3.95. The maximum absolute atomic E-state index is 6.10. The first-order chi connectivity index (χ1) is 16.5. The highest BCUT2D eigenvalue weighted by atomic mass is 16.5. The van der Waals surface area contributed by atoms with Crippen molar-refractivity contribution in [2.45, 2.75) is 33.5 Å². The van der Waals surface area contributed by atoms with E-state index in [1.165, 1.54) is 5.56 Å². The molecule has 2 aromatic heterocycles. The summed E-state index contributed by atoms with van der Waals surface area (Å²) >= 11 is 0. The number of hydrogen-bond acceptors (Lipinski definition) is 4. The summed E-state index contributed by atoms with van der Waals surface area (Å²) in [6.07, 6.45) is 1.92. The van der Waals surface area contributed by atoms with Gasteiger partial charge in [-0.2, -0.15) is 0 Å². The molecule has 0 saturated heterocycles. The van der Waals surface area contributed by atoms with Crippen LogP contribution in [0.15, 0.2) is 85.1 Å². The summed E-state index contributed by atoms with van der Waals surface area (Å²) in [6.45, 7) is 6.60. The van der Waals surface area contributed by atoms with Gasteiger partial charge in [-0.1, -0.05) is 54.6 Å². The van der Waals surface area contributed by atoms with Crippen LogP contribution in [-0.4, -0.2) is 21.1 Å². The molecular formula is C29H27N3O2. The average molecular weight is 450 g/mol. The Kier molecular flexibility index (Phi) is 6.00. The molecule has 2 heterocycles. The number of hydrogen-bond donors (Lipinski definition) is 1. The van der Waals surface area contributed by atoms with E-state index in [9.17, 15) is 0 Å². The molecule has 0 fully saturated rings. The number of imidazole rings is 1. The maximum atomic E-state index is 6.10. The van der Waals surface area contributed by atoms with E-state index in [1.54, 1.807) is 0 Å². The van der Waals surface area contributed by atoms with Crippen LogP contribution >= 0.6 is 0 Å². The van der Waals surface area contributed by atoms with Crippen LogP contribution in [0, 0.1) is 6.92 Å². The minimum atomic E-state index is 0.0474. The number of pyridine rings is 1. The van der Waals surface area contributed by atoms with Gasteiger partial charge in [0, 0.05) is 23.4 Å². The Hall–Kier alpha value is -4.12. The van der Waals surface area contributed by atoms with E-state index in [2.05, 4.69) is 35.1 Å². The number of fused-ring (bicyclic) bond motifs is 1. The number of rotatable bonds is 7. The molecule has 0 saturated carbocycles. The van der Waals surface area contributed by atoms with Crippen LogP contribution in [0.5, 0.6) is 11.5 Å². The number of benzene rings is 3. The first-order valence-electron chi connectivity index (χ1n) is 11.5. The highest BCUT2D eigenvalue weighted by Gasteiger charge is 2.13. The van der Waals surface area contributed by atoms with Gasteiger partial charge in [0.2, 0.25) is 0 Å².